The third kappa shape index (κ3) is 4.28. The van der Waals surface area contributed by atoms with Crippen molar-refractivity contribution in [2.45, 2.75) is 57.8 Å². The minimum atomic E-state index is 0.303. The molecule has 1 aromatic heterocycles. The van der Waals surface area contributed by atoms with Gasteiger partial charge in [-0.2, -0.15) is 0 Å². The van der Waals surface area contributed by atoms with Crippen LogP contribution in [0.25, 0.3) is 0 Å². The molecule has 0 aromatic carbocycles. The summed E-state index contributed by atoms with van der Waals surface area (Å²) in [5.74, 6) is 4.58. The number of hydrogen-bond acceptors (Lipinski definition) is 3. The highest BCUT2D eigenvalue weighted by Crippen LogP contribution is 2.47. The maximum atomic E-state index is 12.5. The van der Waals surface area contributed by atoms with Gasteiger partial charge < -0.3 is 14.2 Å². The van der Waals surface area contributed by atoms with Crippen molar-refractivity contribution in [3.63, 3.8) is 0 Å². The number of amides is 1. The second-order valence-corrected chi connectivity index (χ2v) is 8.46. The number of rotatable bonds is 6. The van der Waals surface area contributed by atoms with E-state index in [9.17, 15) is 4.79 Å². The molecule has 4 rings (SSSR count). The lowest BCUT2D eigenvalue weighted by Gasteiger charge is -2.34. The number of nitrogens with zero attached hydrogens (tertiary/aromatic N) is 2. The molecular formula is C21H32N2O2. The molecule has 3 fully saturated rings. The zero-order chi connectivity index (χ0) is 17.2. The molecular weight excluding hydrogens is 312 g/mol. The predicted octanol–water partition coefficient (Wildman–Crippen LogP) is 3.67. The highest BCUT2D eigenvalue weighted by atomic mass is 16.3. The average Bonchev–Trinajstić information content (AvgIpc) is 3.04. The molecule has 2 saturated heterocycles. The Morgan fingerprint density at radius 1 is 1.16 bits per heavy atom. The third-order valence-electron chi connectivity index (χ3n) is 6.42. The van der Waals surface area contributed by atoms with Crippen molar-refractivity contribution < 1.29 is 9.21 Å². The Balaban J connectivity index is 1.18. The first-order valence-corrected chi connectivity index (χ1v) is 10.3. The van der Waals surface area contributed by atoms with Gasteiger partial charge in [0.15, 0.2) is 0 Å². The van der Waals surface area contributed by atoms with Gasteiger partial charge in [0, 0.05) is 38.4 Å². The quantitative estimate of drug-likeness (QED) is 0.790. The first-order valence-electron chi connectivity index (χ1n) is 10.3. The van der Waals surface area contributed by atoms with Gasteiger partial charge in [-0.25, -0.2) is 0 Å². The van der Waals surface area contributed by atoms with E-state index in [0.29, 0.717) is 18.2 Å². The average molecular weight is 344 g/mol. The zero-order valence-electron chi connectivity index (χ0n) is 15.6. The Hall–Kier alpha value is -1.29. The Kier molecular flexibility index (Phi) is 5.16. The molecule has 0 radical (unpaired) electrons. The minimum Gasteiger partial charge on any atom is -0.466 e. The van der Waals surface area contributed by atoms with Gasteiger partial charge in [-0.15, -0.1) is 0 Å². The fraction of sp³-hybridized carbons (Fsp3) is 0.762. The summed E-state index contributed by atoms with van der Waals surface area (Å²) in [6.45, 7) is 7.97. The van der Waals surface area contributed by atoms with Gasteiger partial charge in [-0.1, -0.05) is 6.92 Å². The molecule has 1 saturated carbocycles. The van der Waals surface area contributed by atoms with Crippen molar-refractivity contribution in [3.8, 4) is 0 Å². The highest BCUT2D eigenvalue weighted by Gasteiger charge is 2.36. The predicted molar refractivity (Wildman–Crippen MR) is 98.5 cm³/mol. The largest absolute Gasteiger partial charge is 0.466 e. The van der Waals surface area contributed by atoms with E-state index in [0.717, 1.165) is 42.9 Å². The van der Waals surface area contributed by atoms with E-state index in [1.54, 1.807) is 0 Å². The molecule has 0 unspecified atom stereocenters. The Bertz CT molecular complexity index is 582. The van der Waals surface area contributed by atoms with Crippen LogP contribution in [0.3, 0.4) is 0 Å². The van der Waals surface area contributed by atoms with E-state index in [1.165, 1.54) is 51.7 Å². The topological polar surface area (TPSA) is 36.7 Å². The van der Waals surface area contributed by atoms with Crippen LogP contribution in [0.2, 0.25) is 0 Å². The van der Waals surface area contributed by atoms with Crippen molar-refractivity contribution in [1.82, 2.24) is 9.80 Å². The summed E-state index contributed by atoms with van der Waals surface area (Å²) in [6, 6.07) is 4.17. The number of carbonyl (C=O) groups excluding carboxylic acids is 1. The smallest absolute Gasteiger partial charge is 0.223 e. The molecule has 138 valence electrons. The number of carbonyl (C=O) groups is 1. The monoisotopic (exact) mass is 344 g/mol. The molecule has 2 atom stereocenters. The van der Waals surface area contributed by atoms with Gasteiger partial charge in [0.25, 0.3) is 0 Å². The van der Waals surface area contributed by atoms with Crippen molar-refractivity contribution in [2.75, 3.05) is 32.7 Å². The maximum absolute atomic E-state index is 12.5. The highest BCUT2D eigenvalue weighted by molar-refractivity contribution is 5.76. The Labute approximate surface area is 151 Å². The van der Waals surface area contributed by atoms with Crippen LogP contribution in [0.5, 0.6) is 0 Å². The molecule has 1 aromatic rings. The molecule has 3 aliphatic rings. The fourth-order valence-electron chi connectivity index (χ4n) is 4.53. The number of piperidine rings is 1. The van der Waals surface area contributed by atoms with Crippen molar-refractivity contribution in [3.05, 3.63) is 23.7 Å². The van der Waals surface area contributed by atoms with Gasteiger partial charge in [-0.05, 0) is 69.2 Å². The van der Waals surface area contributed by atoms with Crippen LogP contribution in [-0.2, 0) is 11.2 Å². The van der Waals surface area contributed by atoms with Crippen LogP contribution < -0.4 is 0 Å². The number of hydrogen-bond donors (Lipinski definition) is 0. The van der Waals surface area contributed by atoms with Crippen LogP contribution in [0.1, 0.15) is 62.9 Å². The molecule has 0 N–H and O–H groups in total. The van der Waals surface area contributed by atoms with Crippen LogP contribution in [0.4, 0.5) is 0 Å². The number of aryl methyl sites for hydroxylation is 1. The van der Waals surface area contributed by atoms with Crippen LogP contribution >= 0.6 is 0 Å². The van der Waals surface area contributed by atoms with Gasteiger partial charge >= 0.3 is 0 Å². The van der Waals surface area contributed by atoms with Gasteiger partial charge in [0.1, 0.15) is 11.5 Å². The molecule has 1 amide bonds. The fourth-order valence-corrected chi connectivity index (χ4v) is 4.53. The molecule has 2 aliphatic heterocycles. The minimum absolute atomic E-state index is 0.303. The van der Waals surface area contributed by atoms with Gasteiger partial charge in [-0.3, -0.25) is 4.79 Å². The van der Waals surface area contributed by atoms with Crippen molar-refractivity contribution in [1.29, 1.82) is 0 Å². The zero-order valence-corrected chi connectivity index (χ0v) is 15.6. The third-order valence-corrected chi connectivity index (χ3v) is 6.42. The first kappa shape index (κ1) is 17.1. The lowest BCUT2D eigenvalue weighted by Crippen LogP contribution is -2.41. The van der Waals surface area contributed by atoms with Gasteiger partial charge in [0.2, 0.25) is 5.91 Å². The summed E-state index contributed by atoms with van der Waals surface area (Å²) in [4.78, 5) is 17.2. The maximum Gasteiger partial charge on any atom is 0.223 e. The second kappa shape index (κ2) is 7.53. The Morgan fingerprint density at radius 2 is 1.88 bits per heavy atom. The molecule has 0 spiro atoms. The second-order valence-electron chi connectivity index (χ2n) is 8.46. The molecule has 4 nitrogen and oxygen atoms in total. The van der Waals surface area contributed by atoms with Crippen LogP contribution in [0, 0.1) is 11.8 Å². The molecule has 3 heterocycles. The first-order chi connectivity index (χ1) is 12.2. The van der Waals surface area contributed by atoms with E-state index in [4.69, 9.17) is 4.42 Å². The summed E-state index contributed by atoms with van der Waals surface area (Å²) >= 11 is 0. The lowest BCUT2D eigenvalue weighted by atomic mass is 9.96. The normalized spacial score (nSPS) is 27.8. The lowest BCUT2D eigenvalue weighted by molar-refractivity contribution is -0.132. The standard InChI is InChI=1S/C21H32N2O2/c1-16-14-19(16)20-6-4-18(25-20)5-7-21(24)23-12-8-17(9-13-23)15-22-10-2-3-11-22/h4,6,16-17,19H,2-3,5,7-15H2,1H3/t16-,19-/m0/s1. The van der Waals surface area contributed by atoms with Crippen molar-refractivity contribution >= 4 is 5.91 Å². The molecule has 1 aliphatic carbocycles. The number of likely N-dealkylation sites (tertiary alicyclic amines) is 2. The van der Waals surface area contributed by atoms with E-state index in [2.05, 4.69) is 28.9 Å². The summed E-state index contributed by atoms with van der Waals surface area (Å²) in [5, 5.41) is 0. The number of furan rings is 1. The van der Waals surface area contributed by atoms with E-state index in [1.807, 2.05) is 0 Å². The molecule has 0 bridgehead atoms. The van der Waals surface area contributed by atoms with E-state index >= 15 is 0 Å². The van der Waals surface area contributed by atoms with E-state index in [-0.39, 0.29) is 0 Å². The van der Waals surface area contributed by atoms with Crippen LogP contribution in [-0.4, -0.2) is 48.4 Å². The SMILES string of the molecule is C[C@H]1C[C@@H]1c1ccc(CCC(=O)N2CCC(CN3CCCC3)CC2)o1. The summed E-state index contributed by atoms with van der Waals surface area (Å²) in [5.41, 5.74) is 0. The van der Waals surface area contributed by atoms with E-state index < -0.39 is 0 Å². The van der Waals surface area contributed by atoms with Crippen molar-refractivity contribution in [2.24, 2.45) is 11.8 Å². The van der Waals surface area contributed by atoms with Crippen LogP contribution in [0.15, 0.2) is 16.5 Å². The Morgan fingerprint density at radius 3 is 2.56 bits per heavy atom. The summed E-state index contributed by atoms with van der Waals surface area (Å²) in [6.07, 6.45) is 7.66. The summed E-state index contributed by atoms with van der Waals surface area (Å²) < 4.78 is 5.93. The summed E-state index contributed by atoms with van der Waals surface area (Å²) in [7, 11) is 0. The molecule has 25 heavy (non-hydrogen) atoms. The van der Waals surface area contributed by atoms with Gasteiger partial charge in [0.05, 0.1) is 0 Å². The molecule has 4 heteroatoms.